The summed E-state index contributed by atoms with van der Waals surface area (Å²) in [5, 5.41) is 9.24. The molecule has 0 aliphatic carbocycles. The molecule has 0 saturated carbocycles. The molecule has 0 bridgehead atoms. The quantitative estimate of drug-likeness (QED) is 0.593. The Morgan fingerprint density at radius 1 is 1.55 bits per heavy atom. The number of likely N-dealkylation sites (N-methyl/N-ethyl adjacent to an activating group) is 2. The van der Waals surface area contributed by atoms with Crippen molar-refractivity contribution in [2.24, 2.45) is 0 Å². The fraction of sp³-hybridized carbons (Fsp3) is 1.00. The number of rotatable bonds is 2. The summed E-state index contributed by atoms with van der Waals surface area (Å²) in [5.74, 6) is 0. The van der Waals surface area contributed by atoms with Crippen LogP contribution in [0.5, 0.6) is 0 Å². The molecule has 1 heterocycles. The predicted octanol–water partition coefficient (Wildman–Crippen LogP) is -0.385. The molecule has 1 aliphatic heterocycles. The average Bonchev–Trinajstić information content (AvgIpc) is 2.33. The molecule has 3 nitrogen and oxygen atoms in total. The topological polar surface area (TPSA) is 26.7 Å². The van der Waals surface area contributed by atoms with Crippen molar-refractivity contribution in [1.29, 1.82) is 0 Å². The summed E-state index contributed by atoms with van der Waals surface area (Å²) >= 11 is 0. The Kier molecular flexibility index (Phi) is 2.52. The highest BCUT2D eigenvalue weighted by atomic mass is 16.3. The molecule has 1 unspecified atom stereocenters. The zero-order chi connectivity index (χ0) is 8.48. The average molecular weight is 158 g/mol. The highest BCUT2D eigenvalue weighted by Crippen LogP contribution is 2.23. The second-order valence-corrected chi connectivity index (χ2v) is 3.76. The molecule has 1 saturated heterocycles. The van der Waals surface area contributed by atoms with Crippen LogP contribution in [0, 0.1) is 0 Å². The molecule has 1 rings (SSSR count). The molecule has 0 radical (unpaired) electrons. The number of likely N-dealkylation sites (tertiary alicyclic amines) is 1. The van der Waals surface area contributed by atoms with E-state index in [1.54, 1.807) is 0 Å². The van der Waals surface area contributed by atoms with Gasteiger partial charge in [-0.15, -0.1) is 0 Å². The molecule has 0 aromatic heterocycles. The van der Waals surface area contributed by atoms with Crippen LogP contribution in [0.3, 0.4) is 0 Å². The predicted molar refractivity (Wildman–Crippen MR) is 45.6 cm³/mol. The van der Waals surface area contributed by atoms with Gasteiger partial charge < -0.3 is 14.9 Å². The molecule has 0 aromatic rings. The Bertz CT molecular complexity index is 138. The molecule has 11 heavy (non-hydrogen) atoms. The summed E-state index contributed by atoms with van der Waals surface area (Å²) in [5.41, 5.74) is 0.0226. The number of hydrogen-bond acceptors (Lipinski definition) is 3. The van der Waals surface area contributed by atoms with Crippen LogP contribution in [-0.2, 0) is 0 Å². The minimum atomic E-state index is 0.0226. The van der Waals surface area contributed by atoms with Crippen LogP contribution in [0.25, 0.3) is 0 Å². The first-order valence-electron chi connectivity index (χ1n) is 4.07. The van der Waals surface area contributed by atoms with Crippen molar-refractivity contribution in [2.45, 2.75) is 12.0 Å². The number of nitrogens with zero attached hydrogens (tertiary/aromatic N) is 2. The van der Waals surface area contributed by atoms with E-state index in [1.165, 1.54) is 0 Å². The zero-order valence-corrected chi connectivity index (χ0v) is 7.67. The van der Waals surface area contributed by atoms with Gasteiger partial charge in [-0.25, -0.2) is 0 Å². The molecule has 66 valence electrons. The lowest BCUT2D eigenvalue weighted by atomic mass is 9.99. The van der Waals surface area contributed by atoms with Crippen molar-refractivity contribution >= 4 is 0 Å². The van der Waals surface area contributed by atoms with Crippen LogP contribution in [-0.4, -0.2) is 61.3 Å². The maximum Gasteiger partial charge on any atom is 0.0628 e. The highest BCUT2D eigenvalue weighted by Gasteiger charge is 2.37. The first kappa shape index (κ1) is 8.97. The lowest BCUT2D eigenvalue weighted by Gasteiger charge is -2.34. The number of hydrogen-bond donors (Lipinski definition) is 1. The van der Waals surface area contributed by atoms with Crippen LogP contribution in [0.2, 0.25) is 0 Å². The molecular formula is C8H18N2O. The second kappa shape index (κ2) is 3.09. The molecule has 3 heteroatoms. The van der Waals surface area contributed by atoms with E-state index in [0.29, 0.717) is 0 Å². The highest BCUT2D eigenvalue weighted by molar-refractivity contribution is 4.95. The van der Waals surface area contributed by atoms with E-state index in [0.717, 1.165) is 19.5 Å². The molecule has 0 aromatic carbocycles. The molecule has 0 spiro atoms. The van der Waals surface area contributed by atoms with Gasteiger partial charge in [0.2, 0.25) is 0 Å². The first-order valence-corrected chi connectivity index (χ1v) is 4.07. The summed E-state index contributed by atoms with van der Waals surface area (Å²) in [6.45, 7) is 2.35. The third kappa shape index (κ3) is 1.55. The van der Waals surface area contributed by atoms with Crippen molar-refractivity contribution in [3.8, 4) is 0 Å². The largest absolute Gasteiger partial charge is 0.394 e. The first-order chi connectivity index (χ1) is 5.10. The van der Waals surface area contributed by atoms with Crippen LogP contribution < -0.4 is 0 Å². The Balaban J connectivity index is 2.62. The van der Waals surface area contributed by atoms with Crippen molar-refractivity contribution in [3.63, 3.8) is 0 Å². The van der Waals surface area contributed by atoms with Crippen molar-refractivity contribution < 1.29 is 5.11 Å². The number of aliphatic hydroxyl groups excluding tert-OH is 1. The third-order valence-corrected chi connectivity index (χ3v) is 2.77. The van der Waals surface area contributed by atoms with Crippen molar-refractivity contribution in [3.05, 3.63) is 0 Å². The third-order valence-electron chi connectivity index (χ3n) is 2.77. The standard InChI is InChI=1S/C8H18N2O/c1-9(2)8(7-11)4-5-10(3)6-8/h11H,4-7H2,1-3H3. The second-order valence-electron chi connectivity index (χ2n) is 3.76. The Hall–Kier alpha value is -0.120. The van der Waals surface area contributed by atoms with Gasteiger partial charge >= 0.3 is 0 Å². The summed E-state index contributed by atoms with van der Waals surface area (Å²) < 4.78 is 0. The normalized spacial score (nSPS) is 33.5. The molecule has 1 aliphatic rings. The summed E-state index contributed by atoms with van der Waals surface area (Å²) in [6, 6.07) is 0. The van der Waals surface area contributed by atoms with Crippen LogP contribution in [0.4, 0.5) is 0 Å². The van der Waals surface area contributed by atoms with Gasteiger partial charge in [-0.1, -0.05) is 0 Å². The van der Waals surface area contributed by atoms with E-state index in [2.05, 4.69) is 16.8 Å². The van der Waals surface area contributed by atoms with Gasteiger partial charge in [0.25, 0.3) is 0 Å². The Labute approximate surface area is 68.6 Å². The summed E-state index contributed by atoms with van der Waals surface area (Å²) in [7, 11) is 6.17. The van der Waals surface area contributed by atoms with E-state index in [1.807, 2.05) is 14.1 Å². The minimum absolute atomic E-state index is 0.0226. The SMILES string of the molecule is CN1CCC(CO)(N(C)C)C1. The van der Waals surface area contributed by atoms with Gasteiger partial charge in [-0.2, -0.15) is 0 Å². The lowest BCUT2D eigenvalue weighted by Crippen LogP contribution is -2.49. The van der Waals surface area contributed by atoms with E-state index in [-0.39, 0.29) is 12.1 Å². The van der Waals surface area contributed by atoms with Crippen molar-refractivity contribution in [2.75, 3.05) is 40.8 Å². The van der Waals surface area contributed by atoms with Crippen LogP contribution in [0.1, 0.15) is 6.42 Å². The monoisotopic (exact) mass is 158 g/mol. The van der Waals surface area contributed by atoms with Gasteiger partial charge in [0.05, 0.1) is 12.1 Å². The fourth-order valence-electron chi connectivity index (χ4n) is 1.70. The molecular weight excluding hydrogens is 140 g/mol. The van der Waals surface area contributed by atoms with Gasteiger partial charge in [0, 0.05) is 6.54 Å². The Morgan fingerprint density at radius 3 is 2.36 bits per heavy atom. The Morgan fingerprint density at radius 2 is 2.18 bits per heavy atom. The molecule has 0 amide bonds. The zero-order valence-electron chi connectivity index (χ0n) is 7.67. The maximum atomic E-state index is 9.24. The van der Waals surface area contributed by atoms with Gasteiger partial charge in [0.1, 0.15) is 0 Å². The van der Waals surface area contributed by atoms with Gasteiger partial charge in [-0.3, -0.25) is 0 Å². The minimum Gasteiger partial charge on any atom is -0.394 e. The smallest absolute Gasteiger partial charge is 0.0628 e. The van der Waals surface area contributed by atoms with Crippen molar-refractivity contribution in [1.82, 2.24) is 9.80 Å². The van der Waals surface area contributed by atoms with Crippen LogP contribution >= 0.6 is 0 Å². The van der Waals surface area contributed by atoms with E-state index >= 15 is 0 Å². The van der Waals surface area contributed by atoms with E-state index in [4.69, 9.17) is 0 Å². The van der Waals surface area contributed by atoms with E-state index < -0.39 is 0 Å². The number of aliphatic hydroxyl groups is 1. The fourth-order valence-corrected chi connectivity index (χ4v) is 1.70. The lowest BCUT2D eigenvalue weighted by molar-refractivity contribution is 0.0770. The molecule has 1 atom stereocenters. The summed E-state index contributed by atoms with van der Waals surface area (Å²) in [4.78, 5) is 4.40. The molecule has 1 N–H and O–H groups in total. The van der Waals surface area contributed by atoms with E-state index in [9.17, 15) is 5.11 Å². The van der Waals surface area contributed by atoms with Gasteiger partial charge in [0.15, 0.2) is 0 Å². The summed E-state index contributed by atoms with van der Waals surface area (Å²) in [6.07, 6.45) is 1.08. The molecule has 1 fully saturated rings. The van der Waals surface area contributed by atoms with Gasteiger partial charge in [-0.05, 0) is 34.1 Å². The van der Waals surface area contributed by atoms with Crippen LogP contribution in [0.15, 0.2) is 0 Å². The maximum absolute atomic E-state index is 9.24.